The van der Waals surface area contributed by atoms with Gasteiger partial charge in [-0.1, -0.05) is 12.1 Å². The zero-order valence-corrected chi connectivity index (χ0v) is 14.9. The first-order valence-corrected chi connectivity index (χ1v) is 8.37. The average molecular weight is 341 g/mol. The molecule has 5 nitrogen and oxygen atoms in total. The third kappa shape index (κ3) is 3.71. The molecule has 0 fully saturated rings. The minimum atomic E-state index is -0.0715. The highest BCUT2D eigenvalue weighted by atomic mass is 16.5. The van der Waals surface area contributed by atoms with Crippen LogP contribution in [0, 0.1) is 6.92 Å². The number of ether oxygens (including phenoxy) is 3. The molecule has 0 aromatic heterocycles. The van der Waals surface area contributed by atoms with Gasteiger partial charge in [-0.15, -0.1) is 0 Å². The predicted molar refractivity (Wildman–Crippen MR) is 96.9 cm³/mol. The van der Waals surface area contributed by atoms with Gasteiger partial charge in [-0.05, 0) is 37.5 Å². The van der Waals surface area contributed by atoms with E-state index in [0.29, 0.717) is 18.0 Å². The lowest BCUT2D eigenvalue weighted by Crippen LogP contribution is -2.38. The zero-order chi connectivity index (χ0) is 17.8. The molecular weight excluding hydrogens is 318 g/mol. The minimum Gasteiger partial charge on any atom is -0.497 e. The van der Waals surface area contributed by atoms with E-state index >= 15 is 0 Å². The number of hydrogen-bond acceptors (Lipinski definition) is 4. The van der Waals surface area contributed by atoms with Gasteiger partial charge in [-0.2, -0.15) is 0 Å². The van der Waals surface area contributed by atoms with Crippen molar-refractivity contribution in [3.63, 3.8) is 0 Å². The van der Waals surface area contributed by atoms with Gasteiger partial charge in [0.25, 0.3) is 5.91 Å². The number of nitrogens with zero attached hydrogens (tertiary/aromatic N) is 1. The smallest absolute Gasteiger partial charge is 0.264 e. The van der Waals surface area contributed by atoms with Gasteiger partial charge in [0, 0.05) is 24.2 Å². The van der Waals surface area contributed by atoms with Crippen LogP contribution < -0.4 is 19.1 Å². The molecule has 132 valence electrons. The number of rotatable bonds is 5. The van der Waals surface area contributed by atoms with Crippen LogP contribution in [0.3, 0.4) is 0 Å². The second-order valence-corrected chi connectivity index (χ2v) is 6.08. The number of amides is 1. The first-order valence-electron chi connectivity index (χ1n) is 8.37. The van der Waals surface area contributed by atoms with Gasteiger partial charge in [-0.3, -0.25) is 4.79 Å². The van der Waals surface area contributed by atoms with Crippen LogP contribution in [0.25, 0.3) is 0 Å². The van der Waals surface area contributed by atoms with E-state index in [-0.39, 0.29) is 12.5 Å². The molecule has 0 saturated heterocycles. The van der Waals surface area contributed by atoms with Gasteiger partial charge in [0.15, 0.2) is 6.61 Å². The highest BCUT2D eigenvalue weighted by Crippen LogP contribution is 2.38. The van der Waals surface area contributed by atoms with Crippen molar-refractivity contribution in [2.75, 3.05) is 32.3 Å². The van der Waals surface area contributed by atoms with Crippen LogP contribution in [0.1, 0.15) is 17.5 Å². The Balaban J connectivity index is 1.81. The van der Waals surface area contributed by atoms with E-state index in [1.165, 1.54) is 0 Å². The molecule has 2 aromatic carbocycles. The first-order chi connectivity index (χ1) is 12.1. The summed E-state index contributed by atoms with van der Waals surface area (Å²) in [4.78, 5) is 14.5. The van der Waals surface area contributed by atoms with Crippen LogP contribution in [0.2, 0.25) is 0 Å². The fraction of sp³-hybridized carbons (Fsp3) is 0.350. The van der Waals surface area contributed by atoms with E-state index in [9.17, 15) is 4.79 Å². The minimum absolute atomic E-state index is 0.00240. The van der Waals surface area contributed by atoms with Crippen LogP contribution in [0.15, 0.2) is 36.4 Å². The molecule has 1 aliphatic rings. The fourth-order valence-corrected chi connectivity index (χ4v) is 3.12. The molecule has 0 atom stereocenters. The van der Waals surface area contributed by atoms with Gasteiger partial charge >= 0.3 is 0 Å². The lowest BCUT2D eigenvalue weighted by molar-refractivity contribution is -0.120. The van der Waals surface area contributed by atoms with E-state index in [0.717, 1.165) is 35.4 Å². The van der Waals surface area contributed by atoms with Crippen LogP contribution in [0.5, 0.6) is 17.2 Å². The molecule has 1 amide bonds. The van der Waals surface area contributed by atoms with Gasteiger partial charge < -0.3 is 19.1 Å². The van der Waals surface area contributed by atoms with Crippen molar-refractivity contribution in [2.45, 2.75) is 19.8 Å². The van der Waals surface area contributed by atoms with E-state index in [1.807, 2.05) is 43.3 Å². The Morgan fingerprint density at radius 3 is 2.68 bits per heavy atom. The zero-order valence-electron chi connectivity index (χ0n) is 14.9. The quantitative estimate of drug-likeness (QED) is 0.837. The molecule has 1 aliphatic heterocycles. The lowest BCUT2D eigenvalue weighted by Gasteiger charge is -2.31. The second kappa shape index (κ2) is 7.47. The van der Waals surface area contributed by atoms with Crippen LogP contribution in [0.4, 0.5) is 5.69 Å². The van der Waals surface area contributed by atoms with Crippen molar-refractivity contribution >= 4 is 11.6 Å². The number of benzene rings is 2. The molecule has 0 unspecified atom stereocenters. The van der Waals surface area contributed by atoms with E-state index in [2.05, 4.69) is 0 Å². The molecule has 1 heterocycles. The largest absolute Gasteiger partial charge is 0.497 e. The summed E-state index contributed by atoms with van der Waals surface area (Å²) in [6, 6.07) is 11.4. The van der Waals surface area contributed by atoms with Crippen molar-refractivity contribution in [2.24, 2.45) is 0 Å². The Hall–Kier alpha value is -2.69. The van der Waals surface area contributed by atoms with Gasteiger partial charge in [0.05, 0.1) is 19.9 Å². The fourth-order valence-electron chi connectivity index (χ4n) is 3.12. The van der Waals surface area contributed by atoms with Gasteiger partial charge in [0.2, 0.25) is 0 Å². The first kappa shape index (κ1) is 17.1. The Bertz CT molecular complexity index is 772. The molecule has 0 N–H and O–H groups in total. The maximum atomic E-state index is 12.7. The highest BCUT2D eigenvalue weighted by molar-refractivity contribution is 5.96. The van der Waals surface area contributed by atoms with Crippen molar-refractivity contribution in [1.82, 2.24) is 0 Å². The summed E-state index contributed by atoms with van der Waals surface area (Å²) in [7, 11) is 3.24. The number of carbonyl (C=O) groups is 1. The molecule has 5 heteroatoms. The van der Waals surface area contributed by atoms with Crippen molar-refractivity contribution in [3.8, 4) is 17.2 Å². The number of methoxy groups -OCH3 is 2. The van der Waals surface area contributed by atoms with Crippen LogP contribution in [-0.4, -0.2) is 33.3 Å². The lowest BCUT2D eigenvalue weighted by atomic mass is 10.00. The van der Waals surface area contributed by atoms with Crippen molar-refractivity contribution < 1.29 is 19.0 Å². The summed E-state index contributed by atoms with van der Waals surface area (Å²) in [5.41, 5.74) is 2.99. The summed E-state index contributed by atoms with van der Waals surface area (Å²) in [5.74, 6) is 2.06. The van der Waals surface area contributed by atoms with Crippen LogP contribution in [-0.2, 0) is 11.2 Å². The predicted octanol–water partition coefficient (Wildman–Crippen LogP) is 3.37. The van der Waals surface area contributed by atoms with E-state index in [4.69, 9.17) is 14.2 Å². The van der Waals surface area contributed by atoms with Crippen molar-refractivity contribution in [3.05, 3.63) is 47.5 Å². The molecule has 0 aliphatic carbocycles. The number of fused-ring (bicyclic) bond motifs is 1. The molecule has 0 radical (unpaired) electrons. The number of anilines is 1. The average Bonchev–Trinajstić information content (AvgIpc) is 2.64. The topological polar surface area (TPSA) is 48.0 Å². The monoisotopic (exact) mass is 341 g/mol. The Kier molecular flexibility index (Phi) is 5.12. The third-order valence-corrected chi connectivity index (χ3v) is 4.37. The maximum absolute atomic E-state index is 12.7. The molecule has 0 bridgehead atoms. The second-order valence-electron chi connectivity index (χ2n) is 6.08. The summed E-state index contributed by atoms with van der Waals surface area (Å²) in [6.45, 7) is 2.66. The molecule has 25 heavy (non-hydrogen) atoms. The Morgan fingerprint density at radius 2 is 1.96 bits per heavy atom. The standard InChI is InChI=1S/C20H23NO4/c1-14-6-4-7-15(10-14)25-13-20(22)21-9-5-8-17-18(21)11-16(23-2)12-19(17)24-3/h4,6-7,10-12H,5,8-9,13H2,1-3H3. The maximum Gasteiger partial charge on any atom is 0.264 e. The number of hydrogen-bond donors (Lipinski definition) is 0. The number of carbonyl (C=O) groups excluding carboxylic acids is 1. The Labute approximate surface area is 148 Å². The van der Waals surface area contributed by atoms with Crippen molar-refractivity contribution in [1.29, 1.82) is 0 Å². The van der Waals surface area contributed by atoms with E-state index in [1.54, 1.807) is 19.1 Å². The molecule has 0 spiro atoms. The number of aryl methyl sites for hydroxylation is 1. The van der Waals surface area contributed by atoms with Gasteiger partial charge in [-0.25, -0.2) is 0 Å². The van der Waals surface area contributed by atoms with Crippen LogP contribution >= 0.6 is 0 Å². The highest BCUT2D eigenvalue weighted by Gasteiger charge is 2.26. The third-order valence-electron chi connectivity index (χ3n) is 4.37. The Morgan fingerprint density at radius 1 is 1.12 bits per heavy atom. The molecular formula is C20H23NO4. The SMILES string of the molecule is COc1cc(OC)c2c(c1)N(C(=O)COc1cccc(C)c1)CCC2. The van der Waals surface area contributed by atoms with E-state index < -0.39 is 0 Å². The molecule has 3 rings (SSSR count). The summed E-state index contributed by atoms with van der Waals surface area (Å²) >= 11 is 0. The van der Waals surface area contributed by atoms with Gasteiger partial charge in [0.1, 0.15) is 17.2 Å². The summed E-state index contributed by atoms with van der Waals surface area (Å²) < 4.78 is 16.5. The molecule has 2 aromatic rings. The normalized spacial score (nSPS) is 13.2. The summed E-state index contributed by atoms with van der Waals surface area (Å²) in [6.07, 6.45) is 1.77. The summed E-state index contributed by atoms with van der Waals surface area (Å²) in [5, 5.41) is 0. The molecule has 0 saturated carbocycles.